The Kier molecular flexibility index (Phi) is 5.12. The molecule has 0 unspecified atom stereocenters. The van der Waals surface area contributed by atoms with E-state index in [4.69, 9.17) is 0 Å². The van der Waals surface area contributed by atoms with Gasteiger partial charge in [-0.05, 0) is 37.5 Å². The molecule has 1 aliphatic carbocycles. The highest BCUT2D eigenvalue weighted by molar-refractivity contribution is 5.74. The van der Waals surface area contributed by atoms with Crippen LogP contribution in [0.1, 0.15) is 37.8 Å². The first-order chi connectivity index (χ1) is 9.97. The predicted octanol–water partition coefficient (Wildman–Crippen LogP) is 2.49. The van der Waals surface area contributed by atoms with E-state index in [0.29, 0.717) is 12.1 Å². The van der Waals surface area contributed by atoms with Crippen LogP contribution >= 0.6 is 0 Å². The summed E-state index contributed by atoms with van der Waals surface area (Å²) >= 11 is 0. The molecule has 1 aromatic carbocycles. The molecule has 1 fully saturated rings. The van der Waals surface area contributed by atoms with Gasteiger partial charge < -0.3 is 15.7 Å². The molecule has 21 heavy (non-hydrogen) atoms. The monoisotopic (exact) mass is 298 g/mol. The maximum atomic E-state index is 13.1. The average Bonchev–Trinajstić information content (AvgIpc) is 2.85. The highest BCUT2D eigenvalue weighted by Crippen LogP contribution is 2.24. The third kappa shape index (κ3) is 4.14. The topological polar surface area (TPSA) is 61.4 Å². The Morgan fingerprint density at radius 3 is 2.76 bits per heavy atom. The average molecular weight is 298 g/mol. The van der Waals surface area contributed by atoms with E-state index < -0.39 is 17.7 Å². The number of benzene rings is 1. The number of carbonyl (C=O) groups is 1. The normalized spacial score (nSPS) is 22.9. The van der Waals surface area contributed by atoms with Gasteiger partial charge in [-0.25, -0.2) is 13.6 Å². The first-order valence-electron chi connectivity index (χ1n) is 7.14. The van der Waals surface area contributed by atoms with Crippen molar-refractivity contribution in [2.75, 3.05) is 6.54 Å². The molecule has 4 nitrogen and oxygen atoms in total. The number of carbonyl (C=O) groups excluding carboxylic acids is 1. The first kappa shape index (κ1) is 15.7. The van der Waals surface area contributed by atoms with Gasteiger partial charge in [0.1, 0.15) is 0 Å². The number of rotatable bonds is 4. The summed E-state index contributed by atoms with van der Waals surface area (Å²) in [4.78, 5) is 11.8. The van der Waals surface area contributed by atoms with E-state index in [9.17, 15) is 18.7 Å². The Hall–Kier alpha value is -1.69. The number of hydrogen-bond acceptors (Lipinski definition) is 2. The second kappa shape index (κ2) is 6.85. The molecule has 2 amide bonds. The lowest BCUT2D eigenvalue weighted by molar-refractivity contribution is 0.132. The quantitative estimate of drug-likeness (QED) is 0.800. The van der Waals surface area contributed by atoms with Crippen LogP contribution in [-0.2, 0) is 0 Å². The van der Waals surface area contributed by atoms with Crippen LogP contribution < -0.4 is 10.6 Å². The second-order valence-corrected chi connectivity index (χ2v) is 5.51. The van der Waals surface area contributed by atoms with E-state index in [1.807, 2.05) is 0 Å². The van der Waals surface area contributed by atoms with Crippen LogP contribution in [0.5, 0.6) is 0 Å². The lowest BCUT2D eigenvalue weighted by Crippen LogP contribution is -2.40. The van der Waals surface area contributed by atoms with Crippen LogP contribution in [0.15, 0.2) is 18.2 Å². The lowest BCUT2D eigenvalue weighted by atomic mass is 10.1. The molecule has 0 radical (unpaired) electrons. The fourth-order valence-corrected chi connectivity index (χ4v) is 2.59. The van der Waals surface area contributed by atoms with Crippen molar-refractivity contribution in [3.05, 3.63) is 35.4 Å². The Bertz CT molecular complexity index is 510. The van der Waals surface area contributed by atoms with Crippen LogP contribution in [0.3, 0.4) is 0 Å². The van der Waals surface area contributed by atoms with Crippen molar-refractivity contribution in [2.45, 2.75) is 38.3 Å². The predicted molar refractivity (Wildman–Crippen MR) is 74.7 cm³/mol. The third-order valence-electron chi connectivity index (χ3n) is 3.94. The number of halogens is 2. The molecular weight excluding hydrogens is 278 g/mol. The van der Waals surface area contributed by atoms with Crippen molar-refractivity contribution in [3.63, 3.8) is 0 Å². The summed E-state index contributed by atoms with van der Waals surface area (Å²) < 4.78 is 26.0. The van der Waals surface area contributed by atoms with Gasteiger partial charge in [-0.1, -0.05) is 12.5 Å². The van der Waals surface area contributed by atoms with Gasteiger partial charge in [0, 0.05) is 12.5 Å². The molecule has 116 valence electrons. The highest BCUT2D eigenvalue weighted by Gasteiger charge is 2.25. The molecule has 0 aliphatic heterocycles. The highest BCUT2D eigenvalue weighted by atomic mass is 19.2. The van der Waals surface area contributed by atoms with E-state index in [1.165, 1.54) is 6.07 Å². The standard InChI is InChI=1S/C15H20F2N2O2/c1-9(10-5-6-12(16)13(17)7-10)19-15(21)18-8-11-3-2-4-14(11)20/h5-7,9,11,14,20H,2-4,8H2,1H3,(H2,18,19,21)/t9-,11-,14-/m0/s1. The summed E-state index contributed by atoms with van der Waals surface area (Å²) in [6.07, 6.45) is 2.30. The molecule has 1 aliphatic rings. The summed E-state index contributed by atoms with van der Waals surface area (Å²) in [5.41, 5.74) is 0.491. The minimum atomic E-state index is -0.935. The van der Waals surface area contributed by atoms with Crippen LogP contribution in [-0.4, -0.2) is 23.8 Å². The van der Waals surface area contributed by atoms with Gasteiger partial charge in [-0.2, -0.15) is 0 Å². The minimum absolute atomic E-state index is 0.0920. The van der Waals surface area contributed by atoms with Crippen molar-refractivity contribution in [3.8, 4) is 0 Å². The van der Waals surface area contributed by atoms with Gasteiger partial charge in [-0.3, -0.25) is 0 Å². The number of aliphatic hydroxyl groups excluding tert-OH is 1. The van der Waals surface area contributed by atoms with E-state index in [0.717, 1.165) is 31.4 Å². The number of hydrogen-bond donors (Lipinski definition) is 3. The third-order valence-corrected chi connectivity index (χ3v) is 3.94. The Morgan fingerprint density at radius 1 is 1.38 bits per heavy atom. The first-order valence-corrected chi connectivity index (χ1v) is 7.14. The zero-order valence-electron chi connectivity index (χ0n) is 11.9. The molecule has 0 saturated heterocycles. The molecular formula is C15H20F2N2O2. The molecule has 0 heterocycles. The van der Waals surface area contributed by atoms with Crippen LogP contribution in [0.4, 0.5) is 13.6 Å². The van der Waals surface area contributed by atoms with E-state index in [1.54, 1.807) is 6.92 Å². The van der Waals surface area contributed by atoms with Crippen molar-refractivity contribution in [1.82, 2.24) is 10.6 Å². The molecule has 0 aromatic heterocycles. The summed E-state index contributed by atoms with van der Waals surface area (Å²) in [6, 6.07) is 2.72. The molecule has 3 N–H and O–H groups in total. The zero-order chi connectivity index (χ0) is 15.4. The molecule has 2 rings (SSSR count). The van der Waals surface area contributed by atoms with Crippen LogP contribution in [0.2, 0.25) is 0 Å². The van der Waals surface area contributed by atoms with Crippen LogP contribution in [0.25, 0.3) is 0 Å². The van der Waals surface area contributed by atoms with Crippen molar-refractivity contribution in [2.24, 2.45) is 5.92 Å². The fourth-order valence-electron chi connectivity index (χ4n) is 2.59. The summed E-state index contributed by atoms with van der Waals surface area (Å²) in [7, 11) is 0. The zero-order valence-corrected chi connectivity index (χ0v) is 11.9. The number of amides is 2. The summed E-state index contributed by atoms with van der Waals surface area (Å²) in [6.45, 7) is 2.11. The van der Waals surface area contributed by atoms with E-state index >= 15 is 0 Å². The van der Waals surface area contributed by atoms with Crippen LogP contribution in [0, 0.1) is 17.6 Å². The van der Waals surface area contributed by atoms with Gasteiger partial charge in [0.25, 0.3) is 0 Å². The van der Waals surface area contributed by atoms with Gasteiger partial charge in [0.15, 0.2) is 11.6 Å². The minimum Gasteiger partial charge on any atom is -0.393 e. The smallest absolute Gasteiger partial charge is 0.315 e. The van der Waals surface area contributed by atoms with Gasteiger partial charge in [0.05, 0.1) is 12.1 Å². The molecule has 6 heteroatoms. The Balaban J connectivity index is 1.82. The van der Waals surface area contributed by atoms with Gasteiger partial charge in [0.2, 0.25) is 0 Å². The summed E-state index contributed by atoms with van der Waals surface area (Å²) in [5.74, 6) is -1.75. The molecule has 1 saturated carbocycles. The fraction of sp³-hybridized carbons (Fsp3) is 0.533. The Morgan fingerprint density at radius 2 is 2.14 bits per heavy atom. The Labute approximate surface area is 122 Å². The summed E-state index contributed by atoms with van der Waals surface area (Å²) in [5, 5.41) is 15.0. The molecule has 0 spiro atoms. The SMILES string of the molecule is C[C@H](NC(=O)NC[C@@H]1CCC[C@@H]1O)c1ccc(F)c(F)c1. The lowest BCUT2D eigenvalue weighted by Gasteiger charge is -2.18. The van der Waals surface area contributed by atoms with Crippen molar-refractivity contribution >= 4 is 6.03 Å². The van der Waals surface area contributed by atoms with Gasteiger partial charge in [-0.15, -0.1) is 0 Å². The van der Waals surface area contributed by atoms with Gasteiger partial charge >= 0.3 is 6.03 Å². The van der Waals surface area contributed by atoms with Crippen molar-refractivity contribution < 1.29 is 18.7 Å². The van der Waals surface area contributed by atoms with E-state index in [-0.39, 0.29) is 18.1 Å². The number of urea groups is 1. The molecule has 1 aromatic rings. The maximum absolute atomic E-state index is 13.1. The maximum Gasteiger partial charge on any atom is 0.315 e. The number of aliphatic hydroxyl groups is 1. The molecule has 3 atom stereocenters. The number of nitrogens with one attached hydrogen (secondary N) is 2. The van der Waals surface area contributed by atoms with Crippen molar-refractivity contribution in [1.29, 1.82) is 0 Å². The second-order valence-electron chi connectivity index (χ2n) is 5.51. The largest absolute Gasteiger partial charge is 0.393 e. The molecule has 0 bridgehead atoms. The van der Waals surface area contributed by atoms with E-state index in [2.05, 4.69) is 10.6 Å².